The van der Waals surface area contributed by atoms with E-state index in [4.69, 9.17) is 5.21 Å². The van der Waals surface area contributed by atoms with Crippen LogP contribution in [-0.2, 0) is 13.1 Å². The molecule has 1 saturated heterocycles. The Labute approximate surface area is 171 Å². The number of carbonyl (C=O) groups is 1. The number of carbonyl (C=O) groups excluding carboxylic acids is 1. The van der Waals surface area contributed by atoms with E-state index in [0.29, 0.717) is 17.8 Å². The highest BCUT2D eigenvalue weighted by Gasteiger charge is 2.29. The van der Waals surface area contributed by atoms with Gasteiger partial charge in [-0.05, 0) is 37.1 Å². The molecule has 0 spiro atoms. The fraction of sp³-hybridized carbons (Fsp3) is 0.348. The van der Waals surface area contributed by atoms with Crippen LogP contribution < -0.4 is 5.48 Å². The van der Waals surface area contributed by atoms with Crippen molar-refractivity contribution in [3.63, 3.8) is 0 Å². The number of hydrogen-bond donors (Lipinski definition) is 3. The van der Waals surface area contributed by atoms with E-state index in [1.54, 1.807) is 11.5 Å². The van der Waals surface area contributed by atoms with Gasteiger partial charge in [0, 0.05) is 49.2 Å². The number of piperazine rings is 1. The van der Waals surface area contributed by atoms with Gasteiger partial charge in [0.1, 0.15) is 5.69 Å². The zero-order valence-electron chi connectivity index (χ0n) is 16.9. The van der Waals surface area contributed by atoms with Crippen molar-refractivity contribution >= 4 is 16.8 Å². The van der Waals surface area contributed by atoms with Crippen LogP contribution in [0.1, 0.15) is 35.5 Å². The summed E-state index contributed by atoms with van der Waals surface area (Å²) in [6, 6.07) is 19.6. The van der Waals surface area contributed by atoms with Crippen molar-refractivity contribution in [3.05, 3.63) is 71.4 Å². The first-order chi connectivity index (χ1) is 14.0. The molecule has 3 aromatic rings. The lowest BCUT2D eigenvalue weighted by molar-refractivity contribution is 0.0290. The van der Waals surface area contributed by atoms with E-state index >= 15 is 0 Å². The second kappa shape index (κ2) is 8.37. The summed E-state index contributed by atoms with van der Waals surface area (Å²) in [5, 5.41) is 9.78. The summed E-state index contributed by atoms with van der Waals surface area (Å²) < 4.78 is 0. The number of aromatic amines is 1. The van der Waals surface area contributed by atoms with Gasteiger partial charge in [0.05, 0.1) is 0 Å². The van der Waals surface area contributed by atoms with Crippen molar-refractivity contribution in [3.8, 4) is 0 Å². The minimum atomic E-state index is -0.528. The van der Waals surface area contributed by atoms with Crippen molar-refractivity contribution in [2.24, 2.45) is 0 Å². The first-order valence-corrected chi connectivity index (χ1v) is 10.1. The van der Waals surface area contributed by atoms with E-state index in [-0.39, 0.29) is 0 Å². The molecule has 1 unspecified atom stereocenters. The van der Waals surface area contributed by atoms with Crippen LogP contribution in [0.2, 0.25) is 0 Å². The normalized spacial score (nSPS) is 20.8. The molecular weight excluding hydrogens is 364 g/mol. The van der Waals surface area contributed by atoms with E-state index in [1.807, 2.05) is 6.07 Å². The average molecular weight is 393 g/mol. The lowest BCUT2D eigenvalue weighted by Gasteiger charge is -2.44. The summed E-state index contributed by atoms with van der Waals surface area (Å²) in [7, 11) is 0. The van der Waals surface area contributed by atoms with Gasteiger partial charge in [-0.1, -0.05) is 42.5 Å². The van der Waals surface area contributed by atoms with Crippen molar-refractivity contribution < 1.29 is 10.0 Å². The highest BCUT2D eigenvalue weighted by molar-refractivity contribution is 5.97. The number of hydrogen-bond acceptors (Lipinski definition) is 4. The van der Waals surface area contributed by atoms with Gasteiger partial charge in [-0.25, -0.2) is 5.48 Å². The van der Waals surface area contributed by atoms with Crippen LogP contribution >= 0.6 is 0 Å². The van der Waals surface area contributed by atoms with Crippen molar-refractivity contribution in [1.29, 1.82) is 0 Å². The summed E-state index contributed by atoms with van der Waals surface area (Å²) >= 11 is 0. The molecule has 29 heavy (non-hydrogen) atoms. The predicted molar refractivity (Wildman–Crippen MR) is 114 cm³/mol. The third kappa shape index (κ3) is 4.34. The lowest BCUT2D eigenvalue weighted by atomic mass is 10.0. The SMILES string of the molecule is CC1CN(Cc2ccc3cc(C(=O)NO)[nH]c3c2)C[C@H](C)N1Cc1ccccc1. The maximum Gasteiger partial charge on any atom is 0.291 e. The topological polar surface area (TPSA) is 71.6 Å². The zero-order valence-corrected chi connectivity index (χ0v) is 16.9. The quantitative estimate of drug-likeness (QED) is 0.460. The Hall–Kier alpha value is -2.67. The van der Waals surface area contributed by atoms with Gasteiger partial charge in [0.2, 0.25) is 0 Å². The third-order valence-corrected chi connectivity index (χ3v) is 5.82. The molecule has 2 aromatic carbocycles. The van der Waals surface area contributed by atoms with Crippen LogP contribution in [-0.4, -0.2) is 51.1 Å². The van der Waals surface area contributed by atoms with Gasteiger partial charge in [0.15, 0.2) is 0 Å². The number of rotatable bonds is 5. The van der Waals surface area contributed by atoms with Crippen LogP contribution in [0.3, 0.4) is 0 Å². The van der Waals surface area contributed by atoms with E-state index in [2.05, 4.69) is 71.1 Å². The Morgan fingerprint density at radius 3 is 2.45 bits per heavy atom. The van der Waals surface area contributed by atoms with Gasteiger partial charge in [-0.15, -0.1) is 0 Å². The minimum absolute atomic E-state index is 0.358. The fourth-order valence-corrected chi connectivity index (χ4v) is 4.41. The molecule has 3 N–H and O–H groups in total. The molecule has 1 aromatic heterocycles. The Morgan fingerprint density at radius 1 is 1.03 bits per heavy atom. The average Bonchev–Trinajstić information content (AvgIpc) is 3.14. The Morgan fingerprint density at radius 2 is 1.76 bits per heavy atom. The van der Waals surface area contributed by atoms with Crippen LogP contribution in [0, 0.1) is 0 Å². The summed E-state index contributed by atoms with van der Waals surface area (Å²) in [5.74, 6) is -0.528. The summed E-state index contributed by atoms with van der Waals surface area (Å²) in [6.45, 7) is 8.53. The molecule has 4 rings (SSSR count). The standard InChI is InChI=1S/C23H28N4O2/c1-16-12-26(13-17(2)27(16)15-18-6-4-3-5-7-18)14-19-8-9-20-11-22(23(28)25-29)24-21(20)10-19/h3-11,16-17,24,29H,12-15H2,1-2H3,(H,25,28)/t16-,17?/m0/s1. The third-order valence-electron chi connectivity index (χ3n) is 5.82. The number of amides is 1. The van der Waals surface area contributed by atoms with Crippen LogP contribution in [0.4, 0.5) is 0 Å². The Kier molecular flexibility index (Phi) is 5.67. The first-order valence-electron chi connectivity index (χ1n) is 10.1. The summed E-state index contributed by atoms with van der Waals surface area (Å²) in [5.41, 5.74) is 5.51. The second-order valence-electron chi connectivity index (χ2n) is 8.10. The maximum atomic E-state index is 11.6. The molecule has 1 amide bonds. The molecule has 1 aliphatic heterocycles. The molecular formula is C23H28N4O2. The van der Waals surface area contributed by atoms with E-state index in [9.17, 15) is 4.79 Å². The second-order valence-corrected chi connectivity index (χ2v) is 8.10. The van der Waals surface area contributed by atoms with E-state index < -0.39 is 5.91 Å². The molecule has 1 aliphatic rings. The maximum absolute atomic E-state index is 11.6. The largest absolute Gasteiger partial charge is 0.350 e. The van der Waals surface area contributed by atoms with Crippen molar-refractivity contribution in [2.45, 2.75) is 39.0 Å². The number of aromatic nitrogens is 1. The van der Waals surface area contributed by atoms with E-state index in [0.717, 1.165) is 37.1 Å². The molecule has 0 bridgehead atoms. The number of fused-ring (bicyclic) bond motifs is 1. The Balaban J connectivity index is 1.43. The minimum Gasteiger partial charge on any atom is -0.350 e. The molecule has 0 radical (unpaired) electrons. The highest BCUT2D eigenvalue weighted by atomic mass is 16.5. The van der Waals surface area contributed by atoms with Gasteiger partial charge in [0.25, 0.3) is 5.91 Å². The number of nitrogens with one attached hydrogen (secondary N) is 2. The summed E-state index contributed by atoms with van der Waals surface area (Å²) in [6.07, 6.45) is 0. The number of nitrogens with zero attached hydrogens (tertiary/aromatic N) is 2. The zero-order chi connectivity index (χ0) is 20.4. The van der Waals surface area contributed by atoms with Gasteiger partial charge in [-0.3, -0.25) is 19.8 Å². The molecule has 6 heteroatoms. The molecule has 6 nitrogen and oxygen atoms in total. The highest BCUT2D eigenvalue weighted by Crippen LogP contribution is 2.22. The van der Waals surface area contributed by atoms with Crippen molar-refractivity contribution in [2.75, 3.05) is 13.1 Å². The van der Waals surface area contributed by atoms with Gasteiger partial charge < -0.3 is 4.98 Å². The molecule has 0 saturated carbocycles. The van der Waals surface area contributed by atoms with Crippen molar-refractivity contribution in [1.82, 2.24) is 20.3 Å². The Bertz CT molecular complexity index is 973. The van der Waals surface area contributed by atoms with Gasteiger partial charge >= 0.3 is 0 Å². The molecule has 0 aliphatic carbocycles. The summed E-state index contributed by atoms with van der Waals surface area (Å²) in [4.78, 5) is 19.8. The van der Waals surface area contributed by atoms with Gasteiger partial charge in [-0.2, -0.15) is 0 Å². The molecule has 2 atom stereocenters. The van der Waals surface area contributed by atoms with Crippen LogP contribution in [0.25, 0.3) is 10.9 Å². The monoisotopic (exact) mass is 392 g/mol. The number of hydroxylamine groups is 1. The smallest absolute Gasteiger partial charge is 0.291 e. The van der Waals surface area contributed by atoms with Crippen LogP contribution in [0.15, 0.2) is 54.6 Å². The molecule has 2 heterocycles. The molecule has 152 valence electrons. The number of benzene rings is 2. The predicted octanol–water partition coefficient (Wildman–Crippen LogP) is 3.38. The molecule has 1 fully saturated rings. The van der Waals surface area contributed by atoms with Crippen LogP contribution in [0.5, 0.6) is 0 Å². The fourth-order valence-electron chi connectivity index (χ4n) is 4.41. The van der Waals surface area contributed by atoms with E-state index in [1.165, 1.54) is 11.1 Å². The number of H-pyrrole nitrogens is 1. The first kappa shape index (κ1) is 19.6. The lowest BCUT2D eigenvalue weighted by Crippen LogP contribution is -2.55.